The van der Waals surface area contributed by atoms with E-state index in [9.17, 15) is 34.9 Å². The molecule has 1 saturated heterocycles. The summed E-state index contributed by atoms with van der Waals surface area (Å²) in [7, 11) is 3.07. The van der Waals surface area contributed by atoms with Crippen LogP contribution < -0.4 is 5.43 Å². The lowest BCUT2D eigenvalue weighted by Crippen LogP contribution is -2.55. The van der Waals surface area contributed by atoms with E-state index >= 15 is 0 Å². The summed E-state index contributed by atoms with van der Waals surface area (Å²) in [5.74, 6) is -1.85. The van der Waals surface area contributed by atoms with Crippen molar-refractivity contribution >= 4 is 28.9 Å². The number of imide groups is 1. The van der Waals surface area contributed by atoms with Crippen molar-refractivity contribution < 1.29 is 24.5 Å². The number of aliphatic hydroxyl groups is 1. The minimum atomic E-state index is -1.17. The third kappa shape index (κ3) is 3.62. The van der Waals surface area contributed by atoms with Crippen LogP contribution in [0.3, 0.4) is 0 Å². The molecule has 172 valence electrons. The second-order valence-electron chi connectivity index (χ2n) is 7.81. The number of likely N-dealkylation sites (tertiary alicyclic amines) is 1. The van der Waals surface area contributed by atoms with Gasteiger partial charge in [-0.25, -0.2) is 0 Å². The summed E-state index contributed by atoms with van der Waals surface area (Å²) in [5.41, 5.74) is 2.12. The van der Waals surface area contributed by atoms with Crippen molar-refractivity contribution in [2.45, 2.75) is 18.2 Å². The number of benzene rings is 1. The van der Waals surface area contributed by atoms with Gasteiger partial charge in [-0.1, -0.05) is 12.2 Å². The van der Waals surface area contributed by atoms with Gasteiger partial charge >= 0.3 is 5.69 Å². The number of hydrogen-bond donors (Lipinski definition) is 2. The van der Waals surface area contributed by atoms with Crippen LogP contribution in [0.4, 0.5) is 17.1 Å². The van der Waals surface area contributed by atoms with Crippen molar-refractivity contribution in [3.8, 4) is 0 Å². The number of anilines is 1. The predicted molar refractivity (Wildman–Crippen MR) is 114 cm³/mol. The van der Waals surface area contributed by atoms with E-state index in [1.807, 2.05) is 0 Å². The van der Waals surface area contributed by atoms with Crippen molar-refractivity contribution in [1.82, 2.24) is 14.5 Å². The molecule has 0 saturated carbocycles. The lowest BCUT2D eigenvalue weighted by molar-refractivity contribution is -0.393. The third-order valence-corrected chi connectivity index (χ3v) is 5.92. The number of aromatic nitrogens is 1. The Hall–Kier alpha value is -4.10. The molecular formula is C20H20N6O7. The maximum absolute atomic E-state index is 12.9. The van der Waals surface area contributed by atoms with Gasteiger partial charge in [0.25, 0.3) is 5.69 Å². The highest BCUT2D eigenvalue weighted by molar-refractivity contribution is 6.08. The summed E-state index contributed by atoms with van der Waals surface area (Å²) in [6, 6.07) is 4.48. The molecule has 13 nitrogen and oxygen atoms in total. The number of nitrogens with zero attached hydrogens (tertiary/aromatic N) is 5. The van der Waals surface area contributed by atoms with E-state index in [0.717, 1.165) is 23.1 Å². The molecule has 33 heavy (non-hydrogen) atoms. The van der Waals surface area contributed by atoms with Crippen molar-refractivity contribution in [2.75, 3.05) is 12.5 Å². The standard InChI is InChI=1S/C20H20N6O7/c1-22-9-3-4-14(22)18(27)15-8-6-12-17(20(29)23(2)19(12)28)24(15)21-13-7-5-11(25(30)31)10-16(13)26(32)33/h3-10,12,15,17-18,21,27H,1-2H3. The molecule has 0 spiro atoms. The molecule has 1 aromatic heterocycles. The van der Waals surface area contributed by atoms with Gasteiger partial charge in [-0.15, -0.1) is 0 Å². The number of rotatable bonds is 6. The van der Waals surface area contributed by atoms with Crippen LogP contribution in [0, 0.1) is 26.1 Å². The van der Waals surface area contributed by atoms with Gasteiger partial charge in [0.15, 0.2) is 0 Å². The molecule has 4 atom stereocenters. The molecule has 1 fully saturated rings. The number of non-ortho nitro benzene ring substituents is 1. The highest BCUT2D eigenvalue weighted by Gasteiger charge is 2.52. The number of nitrogens with one attached hydrogen (secondary N) is 1. The molecule has 4 unspecified atom stereocenters. The van der Waals surface area contributed by atoms with E-state index in [1.54, 1.807) is 42.1 Å². The summed E-state index contributed by atoms with van der Waals surface area (Å²) in [6.07, 6.45) is 3.67. The van der Waals surface area contributed by atoms with Crippen molar-refractivity contribution in [3.05, 3.63) is 74.6 Å². The number of hydrogen-bond acceptors (Lipinski definition) is 9. The summed E-state index contributed by atoms with van der Waals surface area (Å²) in [6.45, 7) is 0. The highest BCUT2D eigenvalue weighted by Crippen LogP contribution is 2.37. The lowest BCUT2D eigenvalue weighted by Gasteiger charge is -2.40. The van der Waals surface area contributed by atoms with Gasteiger partial charge in [0.05, 0.1) is 27.9 Å². The van der Waals surface area contributed by atoms with E-state index < -0.39 is 57.1 Å². The largest absolute Gasteiger partial charge is 0.385 e. The Labute approximate surface area is 186 Å². The van der Waals surface area contributed by atoms with Crippen LogP contribution in [0.1, 0.15) is 11.8 Å². The molecule has 1 aromatic carbocycles. The second kappa shape index (κ2) is 8.11. The zero-order chi connectivity index (χ0) is 24.0. The quantitative estimate of drug-likeness (QED) is 0.280. The second-order valence-corrected chi connectivity index (χ2v) is 7.81. The Morgan fingerprint density at radius 1 is 1.06 bits per heavy atom. The fourth-order valence-corrected chi connectivity index (χ4v) is 4.19. The molecule has 2 aromatic rings. The van der Waals surface area contributed by atoms with E-state index in [4.69, 9.17) is 0 Å². The van der Waals surface area contributed by atoms with Gasteiger partial charge in [0, 0.05) is 32.1 Å². The van der Waals surface area contributed by atoms with Crippen LogP contribution in [0.25, 0.3) is 0 Å². The molecule has 3 heterocycles. The first-order valence-corrected chi connectivity index (χ1v) is 9.88. The summed E-state index contributed by atoms with van der Waals surface area (Å²) < 4.78 is 1.69. The Kier molecular flexibility index (Phi) is 5.43. The van der Waals surface area contributed by atoms with Crippen molar-refractivity contribution in [3.63, 3.8) is 0 Å². The van der Waals surface area contributed by atoms with E-state index in [1.165, 1.54) is 12.1 Å². The Balaban J connectivity index is 1.79. The molecule has 2 aliphatic rings. The fraction of sp³-hybridized carbons (Fsp3) is 0.300. The normalized spacial score (nSPS) is 23.5. The zero-order valence-corrected chi connectivity index (χ0v) is 17.6. The van der Waals surface area contributed by atoms with Crippen LogP contribution in [0.5, 0.6) is 0 Å². The average Bonchev–Trinajstić information content (AvgIpc) is 3.30. The number of aliphatic hydroxyl groups excluding tert-OH is 1. The molecule has 13 heteroatoms. The number of nitro groups is 2. The molecule has 0 radical (unpaired) electrons. The first-order valence-electron chi connectivity index (χ1n) is 9.88. The number of amides is 2. The van der Waals surface area contributed by atoms with Crippen molar-refractivity contribution in [1.29, 1.82) is 0 Å². The maximum Gasteiger partial charge on any atom is 0.300 e. The first-order chi connectivity index (χ1) is 15.6. The molecular weight excluding hydrogens is 436 g/mol. The minimum Gasteiger partial charge on any atom is -0.385 e. The van der Waals surface area contributed by atoms with Gasteiger partial charge in [-0.2, -0.15) is 5.01 Å². The number of nitro benzene ring substituents is 2. The van der Waals surface area contributed by atoms with Gasteiger partial charge in [-0.05, 0) is 18.2 Å². The zero-order valence-electron chi connectivity index (χ0n) is 17.6. The SMILES string of the molecule is CN1C(=O)C2C=CC(C(O)c3cccn3C)N(Nc3ccc([N+](=O)[O-])cc3[N+](=O)[O-])C2C1=O. The number of fused-ring (bicyclic) bond motifs is 1. The summed E-state index contributed by atoms with van der Waals surface area (Å²) in [4.78, 5) is 47.6. The molecule has 2 amide bonds. The first kappa shape index (κ1) is 22.1. The molecule has 2 aliphatic heterocycles. The summed E-state index contributed by atoms with van der Waals surface area (Å²) in [5, 5.41) is 35.1. The number of carbonyl (C=O) groups excluding carboxylic acids is 2. The van der Waals surface area contributed by atoms with Crippen LogP contribution in [0.2, 0.25) is 0 Å². The number of hydrazine groups is 1. The van der Waals surface area contributed by atoms with Gasteiger partial charge in [0.1, 0.15) is 17.8 Å². The summed E-state index contributed by atoms with van der Waals surface area (Å²) >= 11 is 0. The van der Waals surface area contributed by atoms with Gasteiger partial charge < -0.3 is 15.1 Å². The lowest BCUT2D eigenvalue weighted by atomic mass is 9.92. The monoisotopic (exact) mass is 456 g/mol. The van der Waals surface area contributed by atoms with Crippen LogP contribution in [0.15, 0.2) is 48.7 Å². The molecule has 2 N–H and O–H groups in total. The van der Waals surface area contributed by atoms with Crippen LogP contribution >= 0.6 is 0 Å². The minimum absolute atomic E-state index is 0.126. The predicted octanol–water partition coefficient (Wildman–Crippen LogP) is 1.13. The molecule has 4 rings (SSSR count). The average molecular weight is 456 g/mol. The fourth-order valence-electron chi connectivity index (χ4n) is 4.19. The number of carbonyl (C=O) groups is 2. The molecule has 0 aliphatic carbocycles. The third-order valence-electron chi connectivity index (χ3n) is 5.92. The Morgan fingerprint density at radius 2 is 1.79 bits per heavy atom. The highest BCUT2D eigenvalue weighted by atomic mass is 16.6. The van der Waals surface area contributed by atoms with Crippen LogP contribution in [-0.4, -0.2) is 60.4 Å². The molecule has 0 bridgehead atoms. The van der Waals surface area contributed by atoms with Crippen molar-refractivity contribution in [2.24, 2.45) is 13.0 Å². The van der Waals surface area contributed by atoms with Gasteiger partial charge in [0.2, 0.25) is 11.8 Å². The smallest absolute Gasteiger partial charge is 0.300 e. The van der Waals surface area contributed by atoms with Crippen LogP contribution in [-0.2, 0) is 16.6 Å². The number of aryl methyl sites for hydroxylation is 1. The van der Waals surface area contributed by atoms with Gasteiger partial charge in [-0.3, -0.25) is 34.7 Å². The van der Waals surface area contributed by atoms with E-state index in [0.29, 0.717) is 5.69 Å². The van der Waals surface area contributed by atoms with E-state index in [2.05, 4.69) is 5.43 Å². The Morgan fingerprint density at radius 3 is 2.39 bits per heavy atom. The maximum atomic E-state index is 12.9. The number of likely N-dealkylation sites (N-methyl/N-ethyl adjacent to an activating group) is 1. The van der Waals surface area contributed by atoms with E-state index in [-0.39, 0.29) is 5.69 Å². The topological polar surface area (TPSA) is 164 Å². The Bertz CT molecular complexity index is 1190.